The van der Waals surface area contributed by atoms with Crippen LogP contribution in [0.3, 0.4) is 0 Å². The number of carboxylic acids is 1. The van der Waals surface area contributed by atoms with Crippen molar-refractivity contribution in [1.82, 2.24) is 9.78 Å². The summed E-state index contributed by atoms with van der Waals surface area (Å²) in [5.74, 6) is -1.50. The van der Waals surface area contributed by atoms with Gasteiger partial charge >= 0.3 is 11.9 Å². The highest BCUT2D eigenvalue weighted by Crippen LogP contribution is 2.10. The Morgan fingerprint density at radius 3 is 2.45 bits per heavy atom. The lowest BCUT2D eigenvalue weighted by atomic mass is 10.2. The summed E-state index contributed by atoms with van der Waals surface area (Å²) in [6, 6.07) is 5.86. The number of aromatic nitrogens is 2. The number of hydrogen-bond acceptors (Lipinski definition) is 4. The van der Waals surface area contributed by atoms with Crippen molar-refractivity contribution < 1.29 is 19.4 Å². The van der Waals surface area contributed by atoms with Gasteiger partial charge in [0.1, 0.15) is 0 Å². The summed E-state index contributed by atoms with van der Waals surface area (Å²) in [7, 11) is 0. The number of ether oxygens (including phenoxy) is 1. The fourth-order valence-corrected chi connectivity index (χ4v) is 2.08. The maximum atomic E-state index is 12.4. The van der Waals surface area contributed by atoms with Crippen LogP contribution in [0, 0.1) is 6.92 Å². The summed E-state index contributed by atoms with van der Waals surface area (Å²) >= 11 is 0. The molecule has 0 amide bonds. The van der Waals surface area contributed by atoms with Crippen molar-refractivity contribution in [2.45, 2.75) is 20.3 Å². The number of benzene rings is 1. The van der Waals surface area contributed by atoms with E-state index in [9.17, 15) is 14.4 Å². The Kier molecular flexibility index (Phi) is 4.45. The first-order valence-electron chi connectivity index (χ1n) is 6.74. The standard InChI is InChI=1S/C15H16N2O5/c1-3-22-13(18)8-12-9(2)16-17(14(12)19)11-6-4-10(5-7-11)15(20)21/h4-7,16H,3,8H2,1-2H3,(H,20,21). The SMILES string of the molecule is CCOC(=O)Cc1c(C)[nH]n(-c2ccc(C(=O)O)cc2)c1=O. The molecule has 0 saturated heterocycles. The molecule has 2 rings (SSSR count). The summed E-state index contributed by atoms with van der Waals surface area (Å²) in [6.45, 7) is 3.65. The van der Waals surface area contributed by atoms with Crippen LogP contribution in [0.25, 0.3) is 5.69 Å². The van der Waals surface area contributed by atoms with E-state index in [4.69, 9.17) is 9.84 Å². The molecule has 0 radical (unpaired) electrons. The number of aromatic amines is 1. The average Bonchev–Trinajstić information content (AvgIpc) is 2.76. The number of rotatable bonds is 5. The molecule has 1 aromatic carbocycles. The predicted octanol–water partition coefficient (Wildman–Crippen LogP) is 1.28. The van der Waals surface area contributed by atoms with Crippen LogP contribution < -0.4 is 5.56 Å². The molecule has 0 fully saturated rings. The number of carbonyl (C=O) groups excluding carboxylic acids is 1. The Balaban J connectivity index is 2.35. The van der Waals surface area contributed by atoms with Gasteiger partial charge in [-0.15, -0.1) is 0 Å². The van der Waals surface area contributed by atoms with Crippen LogP contribution in [-0.4, -0.2) is 33.4 Å². The molecular formula is C15H16N2O5. The lowest BCUT2D eigenvalue weighted by Crippen LogP contribution is -2.20. The quantitative estimate of drug-likeness (QED) is 0.810. The minimum Gasteiger partial charge on any atom is -0.478 e. The van der Waals surface area contributed by atoms with Crippen LogP contribution in [0.1, 0.15) is 28.5 Å². The van der Waals surface area contributed by atoms with E-state index in [-0.39, 0.29) is 24.2 Å². The van der Waals surface area contributed by atoms with E-state index in [1.807, 2.05) is 0 Å². The van der Waals surface area contributed by atoms with Crippen molar-refractivity contribution in [3.63, 3.8) is 0 Å². The third kappa shape index (κ3) is 3.08. The van der Waals surface area contributed by atoms with E-state index in [1.165, 1.54) is 28.9 Å². The number of nitrogens with one attached hydrogen (secondary N) is 1. The molecule has 0 bridgehead atoms. The summed E-state index contributed by atoms with van der Waals surface area (Å²) in [5.41, 5.74) is 1.18. The van der Waals surface area contributed by atoms with Gasteiger partial charge in [-0.3, -0.25) is 14.7 Å². The maximum absolute atomic E-state index is 12.4. The molecule has 116 valence electrons. The van der Waals surface area contributed by atoms with Crippen molar-refractivity contribution in [2.24, 2.45) is 0 Å². The van der Waals surface area contributed by atoms with Gasteiger partial charge in [0.05, 0.1) is 29.8 Å². The Hall–Kier alpha value is -2.83. The zero-order chi connectivity index (χ0) is 16.3. The molecule has 1 heterocycles. The third-order valence-electron chi connectivity index (χ3n) is 3.19. The Labute approximate surface area is 126 Å². The molecule has 0 spiro atoms. The number of aromatic carboxylic acids is 1. The van der Waals surface area contributed by atoms with E-state index in [0.717, 1.165) is 0 Å². The van der Waals surface area contributed by atoms with E-state index in [1.54, 1.807) is 13.8 Å². The third-order valence-corrected chi connectivity index (χ3v) is 3.19. The largest absolute Gasteiger partial charge is 0.478 e. The molecule has 0 atom stereocenters. The molecular weight excluding hydrogens is 288 g/mol. The molecule has 2 aromatic rings. The van der Waals surface area contributed by atoms with Gasteiger partial charge in [-0.2, -0.15) is 0 Å². The zero-order valence-electron chi connectivity index (χ0n) is 12.3. The number of nitrogens with zero attached hydrogens (tertiary/aromatic N) is 1. The highest BCUT2D eigenvalue weighted by molar-refractivity contribution is 5.87. The van der Waals surface area contributed by atoms with E-state index in [2.05, 4.69) is 5.10 Å². The molecule has 0 aliphatic rings. The van der Waals surface area contributed by atoms with Gasteiger partial charge in [0.15, 0.2) is 0 Å². The van der Waals surface area contributed by atoms with Gasteiger partial charge in [0, 0.05) is 5.69 Å². The second-order valence-corrected chi connectivity index (χ2v) is 4.69. The number of H-pyrrole nitrogens is 1. The van der Waals surface area contributed by atoms with Gasteiger partial charge in [0.2, 0.25) is 0 Å². The summed E-state index contributed by atoms with van der Waals surface area (Å²) in [4.78, 5) is 34.7. The Morgan fingerprint density at radius 1 is 1.27 bits per heavy atom. The molecule has 7 nitrogen and oxygen atoms in total. The first-order chi connectivity index (χ1) is 10.4. The topological polar surface area (TPSA) is 101 Å². The molecule has 22 heavy (non-hydrogen) atoms. The molecule has 0 aliphatic carbocycles. The van der Waals surface area contributed by atoms with Gasteiger partial charge in [-0.25, -0.2) is 9.48 Å². The number of carbonyl (C=O) groups is 2. The predicted molar refractivity (Wildman–Crippen MR) is 78.4 cm³/mol. The second kappa shape index (κ2) is 6.30. The van der Waals surface area contributed by atoms with Gasteiger partial charge in [-0.1, -0.05) is 0 Å². The number of esters is 1. The van der Waals surface area contributed by atoms with E-state index in [0.29, 0.717) is 16.9 Å². The van der Waals surface area contributed by atoms with Gasteiger partial charge < -0.3 is 9.84 Å². The minimum atomic E-state index is -1.04. The minimum absolute atomic E-state index is 0.102. The fourth-order valence-electron chi connectivity index (χ4n) is 2.08. The first-order valence-corrected chi connectivity index (χ1v) is 6.74. The number of aryl methyl sites for hydroxylation is 1. The van der Waals surface area contributed by atoms with Crippen molar-refractivity contribution in [3.05, 3.63) is 51.4 Å². The van der Waals surface area contributed by atoms with Crippen LogP contribution in [0.2, 0.25) is 0 Å². The summed E-state index contributed by atoms with van der Waals surface area (Å²) in [5, 5.41) is 11.7. The maximum Gasteiger partial charge on any atom is 0.335 e. The zero-order valence-corrected chi connectivity index (χ0v) is 12.3. The normalized spacial score (nSPS) is 10.5. The Morgan fingerprint density at radius 2 is 1.91 bits per heavy atom. The second-order valence-electron chi connectivity index (χ2n) is 4.69. The summed E-state index contributed by atoms with van der Waals surface area (Å²) < 4.78 is 6.12. The van der Waals surface area contributed by atoms with Crippen LogP contribution in [0.15, 0.2) is 29.1 Å². The van der Waals surface area contributed by atoms with Crippen LogP contribution in [-0.2, 0) is 16.0 Å². The van der Waals surface area contributed by atoms with Gasteiger partial charge in [0.25, 0.3) is 5.56 Å². The van der Waals surface area contributed by atoms with Crippen molar-refractivity contribution >= 4 is 11.9 Å². The summed E-state index contributed by atoms with van der Waals surface area (Å²) in [6.07, 6.45) is -0.102. The highest BCUT2D eigenvalue weighted by Gasteiger charge is 2.16. The van der Waals surface area contributed by atoms with E-state index >= 15 is 0 Å². The monoisotopic (exact) mass is 304 g/mol. The van der Waals surface area contributed by atoms with Crippen molar-refractivity contribution in [1.29, 1.82) is 0 Å². The van der Waals surface area contributed by atoms with Crippen LogP contribution in [0.4, 0.5) is 0 Å². The molecule has 0 unspecified atom stereocenters. The fraction of sp³-hybridized carbons (Fsp3) is 0.267. The highest BCUT2D eigenvalue weighted by atomic mass is 16.5. The van der Waals surface area contributed by atoms with Crippen LogP contribution >= 0.6 is 0 Å². The van der Waals surface area contributed by atoms with Gasteiger partial charge in [-0.05, 0) is 38.1 Å². The first kappa shape index (κ1) is 15.6. The molecule has 0 saturated carbocycles. The van der Waals surface area contributed by atoms with Crippen molar-refractivity contribution in [3.8, 4) is 5.69 Å². The molecule has 0 aliphatic heterocycles. The Bertz CT molecular complexity index is 755. The number of hydrogen-bond donors (Lipinski definition) is 2. The van der Waals surface area contributed by atoms with E-state index < -0.39 is 11.9 Å². The van der Waals surface area contributed by atoms with Crippen LogP contribution in [0.5, 0.6) is 0 Å². The smallest absolute Gasteiger partial charge is 0.335 e. The molecule has 2 N–H and O–H groups in total. The molecule has 7 heteroatoms. The lowest BCUT2D eigenvalue weighted by Gasteiger charge is -2.02. The molecule has 1 aromatic heterocycles. The average molecular weight is 304 g/mol. The van der Waals surface area contributed by atoms with Crippen molar-refractivity contribution in [2.75, 3.05) is 6.61 Å². The lowest BCUT2D eigenvalue weighted by molar-refractivity contribution is -0.142. The number of carboxylic acid groups (broad SMARTS) is 1.